The van der Waals surface area contributed by atoms with Gasteiger partial charge in [0.25, 0.3) is 0 Å². The van der Waals surface area contributed by atoms with Crippen molar-refractivity contribution in [3.05, 3.63) is 83.3 Å². The van der Waals surface area contributed by atoms with Crippen molar-refractivity contribution in [1.29, 1.82) is 0 Å². The molecule has 0 aromatic heterocycles. The molecule has 0 bridgehead atoms. The Kier molecular flexibility index (Phi) is 7.20. The van der Waals surface area contributed by atoms with E-state index in [0.29, 0.717) is 12.2 Å². The summed E-state index contributed by atoms with van der Waals surface area (Å²) in [6, 6.07) is 17.5. The molecular weight excluding hydrogens is 353 g/mol. The molecule has 2 aromatic carbocycles. The van der Waals surface area contributed by atoms with Crippen LogP contribution in [0.3, 0.4) is 0 Å². The zero-order valence-corrected chi connectivity index (χ0v) is 16.9. The lowest BCUT2D eigenvalue weighted by molar-refractivity contribution is 0.0425. The van der Waals surface area contributed by atoms with Gasteiger partial charge in [-0.25, -0.2) is 9.82 Å². The van der Waals surface area contributed by atoms with Crippen molar-refractivity contribution in [2.24, 2.45) is 0 Å². The number of nitrogens with one attached hydrogen (secondary N) is 1. The first-order valence-corrected chi connectivity index (χ1v) is 9.84. The third kappa shape index (κ3) is 5.41. The lowest BCUT2D eigenvalue weighted by atomic mass is 10.0. The van der Waals surface area contributed by atoms with Crippen LogP contribution in [-0.4, -0.2) is 49.7 Å². The monoisotopic (exact) mass is 383 g/mol. The van der Waals surface area contributed by atoms with E-state index < -0.39 is 6.10 Å². The third-order valence-electron chi connectivity index (χ3n) is 5.04. The molecule has 0 saturated heterocycles. The zero-order valence-electron chi connectivity index (χ0n) is 16.9. The highest BCUT2D eigenvalue weighted by Gasteiger charge is 2.28. The number of likely N-dealkylation sites (N-methyl/N-ethyl adjacent to an activating group) is 2. The summed E-state index contributed by atoms with van der Waals surface area (Å²) in [4.78, 5) is 2.25. The molecule has 3 rings (SSSR count). The van der Waals surface area contributed by atoms with Gasteiger partial charge in [0.1, 0.15) is 11.9 Å². The number of hydrogen-bond acceptors (Lipinski definition) is 4. The van der Waals surface area contributed by atoms with Crippen LogP contribution in [0.5, 0.6) is 0 Å². The molecule has 1 aliphatic rings. The Balaban J connectivity index is 1.59. The summed E-state index contributed by atoms with van der Waals surface area (Å²) in [5, 5.41) is 1.93. The van der Waals surface area contributed by atoms with Gasteiger partial charge in [-0.1, -0.05) is 48.5 Å². The fourth-order valence-corrected chi connectivity index (χ4v) is 3.47. The van der Waals surface area contributed by atoms with Gasteiger partial charge in [-0.05, 0) is 38.1 Å². The van der Waals surface area contributed by atoms with E-state index in [9.17, 15) is 4.39 Å². The van der Waals surface area contributed by atoms with Crippen molar-refractivity contribution in [3.63, 3.8) is 0 Å². The number of rotatable bonds is 9. The second kappa shape index (κ2) is 9.82. The van der Waals surface area contributed by atoms with E-state index in [1.807, 2.05) is 24.2 Å². The molecule has 0 saturated carbocycles. The molecule has 2 unspecified atom stereocenters. The average molecular weight is 384 g/mol. The van der Waals surface area contributed by atoms with Gasteiger partial charge in [0.2, 0.25) is 0 Å². The molecule has 0 fully saturated rings. The van der Waals surface area contributed by atoms with Crippen LogP contribution < -0.4 is 5.43 Å². The molecular formula is C23H30FN3O. The van der Waals surface area contributed by atoms with E-state index in [-0.39, 0.29) is 11.9 Å². The third-order valence-corrected chi connectivity index (χ3v) is 5.04. The van der Waals surface area contributed by atoms with Crippen molar-refractivity contribution >= 4 is 0 Å². The van der Waals surface area contributed by atoms with Crippen LogP contribution in [0, 0.1) is 5.82 Å². The summed E-state index contributed by atoms with van der Waals surface area (Å²) in [6.07, 6.45) is 2.67. The molecule has 0 spiro atoms. The van der Waals surface area contributed by atoms with Crippen LogP contribution in [0.2, 0.25) is 0 Å². The van der Waals surface area contributed by atoms with E-state index in [0.717, 1.165) is 25.2 Å². The summed E-state index contributed by atoms with van der Waals surface area (Å²) in [5.74, 6) is -0.237. The first kappa shape index (κ1) is 20.5. The topological polar surface area (TPSA) is 27.7 Å². The van der Waals surface area contributed by atoms with Crippen LogP contribution in [-0.2, 0) is 11.2 Å². The molecule has 1 N–H and O–H groups in total. The molecule has 0 amide bonds. The van der Waals surface area contributed by atoms with E-state index in [2.05, 4.69) is 54.6 Å². The van der Waals surface area contributed by atoms with Crippen LogP contribution in [0.1, 0.15) is 24.2 Å². The van der Waals surface area contributed by atoms with Gasteiger partial charge < -0.3 is 14.6 Å². The highest BCUT2D eigenvalue weighted by atomic mass is 19.1. The van der Waals surface area contributed by atoms with Gasteiger partial charge in [0.15, 0.2) is 0 Å². The second-order valence-corrected chi connectivity index (χ2v) is 7.38. The number of hydrazine groups is 1. The second-order valence-electron chi connectivity index (χ2n) is 7.38. The summed E-state index contributed by atoms with van der Waals surface area (Å²) < 4.78 is 20.7. The van der Waals surface area contributed by atoms with E-state index in [1.54, 1.807) is 12.1 Å². The molecule has 4 nitrogen and oxygen atoms in total. The lowest BCUT2D eigenvalue weighted by Gasteiger charge is -2.27. The standard InChI is InChI=1S/C23H30FN3O/c1-18-17-22(27(3)25-18)23(20-11-7-8-12-21(20)24)28-16-15-26(2)14-13-19-9-5-4-6-10-19/h4-12,17-18,23,25H,13-16H2,1-3H3. The smallest absolute Gasteiger partial charge is 0.129 e. The first-order chi connectivity index (χ1) is 13.5. The molecule has 0 aliphatic carbocycles. The Morgan fingerprint density at radius 3 is 2.50 bits per heavy atom. The molecule has 0 radical (unpaired) electrons. The maximum Gasteiger partial charge on any atom is 0.129 e. The summed E-state index contributed by atoms with van der Waals surface area (Å²) in [6.45, 7) is 4.35. The molecule has 1 aliphatic heterocycles. The number of nitrogens with zero attached hydrogens (tertiary/aromatic N) is 2. The largest absolute Gasteiger partial charge is 0.366 e. The van der Waals surface area contributed by atoms with Gasteiger partial charge in [-0.2, -0.15) is 0 Å². The normalized spacial score (nSPS) is 17.8. The Bertz CT molecular complexity index is 780. The maximum atomic E-state index is 14.5. The van der Waals surface area contributed by atoms with Gasteiger partial charge in [-0.15, -0.1) is 0 Å². The predicted molar refractivity (Wildman–Crippen MR) is 111 cm³/mol. The minimum atomic E-state index is -0.425. The summed E-state index contributed by atoms with van der Waals surface area (Å²) >= 11 is 0. The Hall–Kier alpha value is -2.21. The van der Waals surface area contributed by atoms with Gasteiger partial charge in [0.05, 0.1) is 12.3 Å². The van der Waals surface area contributed by atoms with Crippen molar-refractivity contribution in [2.75, 3.05) is 33.8 Å². The van der Waals surface area contributed by atoms with Gasteiger partial charge in [0, 0.05) is 31.7 Å². The zero-order chi connectivity index (χ0) is 19.9. The highest BCUT2D eigenvalue weighted by Crippen LogP contribution is 2.31. The van der Waals surface area contributed by atoms with Crippen molar-refractivity contribution in [3.8, 4) is 0 Å². The molecule has 28 heavy (non-hydrogen) atoms. The fourth-order valence-electron chi connectivity index (χ4n) is 3.47. The quantitative estimate of drug-likeness (QED) is 0.713. The number of hydrogen-bond donors (Lipinski definition) is 1. The number of halogens is 1. The highest BCUT2D eigenvalue weighted by molar-refractivity contribution is 5.29. The summed E-state index contributed by atoms with van der Waals surface area (Å²) in [7, 11) is 4.04. The number of benzene rings is 2. The maximum absolute atomic E-state index is 14.5. The summed E-state index contributed by atoms with van der Waals surface area (Å²) in [5.41, 5.74) is 6.15. The van der Waals surface area contributed by atoms with Crippen molar-refractivity contribution in [1.82, 2.24) is 15.3 Å². The van der Waals surface area contributed by atoms with E-state index in [4.69, 9.17) is 4.74 Å². The minimum Gasteiger partial charge on any atom is -0.366 e. The molecule has 2 aromatic rings. The van der Waals surface area contributed by atoms with Crippen LogP contribution in [0.25, 0.3) is 0 Å². The van der Waals surface area contributed by atoms with Crippen molar-refractivity contribution < 1.29 is 9.13 Å². The molecule has 2 atom stereocenters. The van der Waals surface area contributed by atoms with Crippen LogP contribution in [0.15, 0.2) is 66.4 Å². The SMILES string of the molecule is CC1C=C(C(OCCN(C)CCc2ccccc2)c2ccccc2F)N(C)N1. The molecule has 150 valence electrons. The van der Waals surface area contributed by atoms with Crippen LogP contribution in [0.4, 0.5) is 4.39 Å². The Morgan fingerprint density at radius 1 is 1.11 bits per heavy atom. The Labute approximate surface area is 167 Å². The van der Waals surface area contributed by atoms with Gasteiger partial charge in [-0.3, -0.25) is 0 Å². The minimum absolute atomic E-state index is 0.200. The van der Waals surface area contributed by atoms with E-state index >= 15 is 0 Å². The van der Waals surface area contributed by atoms with Gasteiger partial charge >= 0.3 is 0 Å². The predicted octanol–water partition coefficient (Wildman–Crippen LogP) is 3.78. The first-order valence-electron chi connectivity index (χ1n) is 9.84. The average Bonchev–Trinajstić information content (AvgIpc) is 3.03. The molecule has 1 heterocycles. The van der Waals surface area contributed by atoms with E-state index in [1.165, 1.54) is 11.6 Å². The van der Waals surface area contributed by atoms with Crippen molar-refractivity contribution in [2.45, 2.75) is 25.5 Å². The molecule has 5 heteroatoms. The lowest BCUT2D eigenvalue weighted by Crippen LogP contribution is -2.34. The fraction of sp³-hybridized carbons (Fsp3) is 0.391. The van der Waals surface area contributed by atoms with Crippen LogP contribution >= 0.6 is 0 Å². The number of ether oxygens (including phenoxy) is 1. The Morgan fingerprint density at radius 2 is 1.82 bits per heavy atom.